The van der Waals surface area contributed by atoms with Gasteiger partial charge < -0.3 is 10.4 Å². The maximum absolute atomic E-state index is 11.5. The van der Waals surface area contributed by atoms with E-state index in [-0.39, 0.29) is 11.8 Å². The molecule has 0 aromatic carbocycles. The Kier molecular flexibility index (Phi) is 4.10. The summed E-state index contributed by atoms with van der Waals surface area (Å²) in [5.41, 5.74) is -0.553. The summed E-state index contributed by atoms with van der Waals surface area (Å²) >= 11 is 0. The van der Waals surface area contributed by atoms with E-state index in [0.717, 1.165) is 0 Å². The fourth-order valence-electron chi connectivity index (χ4n) is 0.871. The maximum atomic E-state index is 11.5. The van der Waals surface area contributed by atoms with E-state index in [0.29, 0.717) is 0 Å². The van der Waals surface area contributed by atoms with Crippen LogP contribution in [0.3, 0.4) is 0 Å². The summed E-state index contributed by atoms with van der Waals surface area (Å²) < 4.78 is 0. The molecule has 1 unspecified atom stereocenters. The number of aliphatic carboxylic acids is 1. The molecular formula is C10H19NO3. The third-order valence-corrected chi connectivity index (χ3v) is 1.90. The summed E-state index contributed by atoms with van der Waals surface area (Å²) in [6.45, 7) is 8.79. The monoisotopic (exact) mass is 201 g/mol. The molecule has 0 aliphatic heterocycles. The lowest BCUT2D eigenvalue weighted by Gasteiger charge is -2.23. The minimum absolute atomic E-state index is 0.112. The van der Waals surface area contributed by atoms with Gasteiger partial charge in [0.25, 0.3) is 0 Å². The Hall–Kier alpha value is -1.06. The van der Waals surface area contributed by atoms with Gasteiger partial charge in [-0.3, -0.25) is 4.79 Å². The van der Waals surface area contributed by atoms with Crippen molar-refractivity contribution in [2.45, 2.75) is 40.7 Å². The molecular weight excluding hydrogens is 182 g/mol. The molecule has 0 aliphatic rings. The second-order valence-corrected chi connectivity index (χ2v) is 4.78. The maximum Gasteiger partial charge on any atom is 0.326 e. The van der Waals surface area contributed by atoms with Crippen molar-refractivity contribution >= 4 is 11.9 Å². The lowest BCUT2D eigenvalue weighted by Crippen LogP contribution is -2.48. The summed E-state index contributed by atoms with van der Waals surface area (Å²) in [6.07, 6.45) is 0. The predicted octanol–water partition coefficient (Wildman–Crippen LogP) is 1.26. The van der Waals surface area contributed by atoms with Crippen molar-refractivity contribution in [1.82, 2.24) is 5.32 Å². The zero-order chi connectivity index (χ0) is 11.5. The third kappa shape index (κ3) is 3.77. The van der Waals surface area contributed by atoms with Crippen molar-refractivity contribution in [1.29, 1.82) is 0 Å². The number of carboxylic acid groups (broad SMARTS) is 1. The largest absolute Gasteiger partial charge is 0.480 e. The first-order chi connectivity index (χ1) is 6.16. The van der Waals surface area contributed by atoms with Crippen LogP contribution in [0.5, 0.6) is 0 Å². The van der Waals surface area contributed by atoms with Gasteiger partial charge in [-0.2, -0.15) is 0 Å². The average Bonchev–Trinajstić information content (AvgIpc) is 1.96. The van der Waals surface area contributed by atoms with E-state index in [4.69, 9.17) is 5.11 Å². The standard InChI is InChI=1S/C10H19NO3/c1-6(2)7(8(12)13)11-9(14)10(3,4)5/h6-7H,1-5H3,(H,11,14)(H,12,13). The van der Waals surface area contributed by atoms with Crippen LogP contribution in [0.15, 0.2) is 0 Å². The molecule has 0 aromatic heterocycles. The molecule has 0 saturated carbocycles. The fourth-order valence-corrected chi connectivity index (χ4v) is 0.871. The number of carbonyl (C=O) groups is 2. The van der Waals surface area contributed by atoms with Gasteiger partial charge in [0.15, 0.2) is 0 Å². The van der Waals surface area contributed by atoms with E-state index in [1.54, 1.807) is 34.6 Å². The topological polar surface area (TPSA) is 66.4 Å². The molecule has 1 amide bonds. The van der Waals surface area contributed by atoms with Crippen LogP contribution in [0.1, 0.15) is 34.6 Å². The summed E-state index contributed by atoms with van der Waals surface area (Å²) in [5.74, 6) is -1.34. The zero-order valence-corrected chi connectivity index (χ0v) is 9.42. The number of carboxylic acids is 1. The van der Waals surface area contributed by atoms with E-state index >= 15 is 0 Å². The van der Waals surface area contributed by atoms with Crippen LogP contribution in [0, 0.1) is 11.3 Å². The normalized spacial score (nSPS) is 13.9. The van der Waals surface area contributed by atoms with Crippen LogP contribution in [0.4, 0.5) is 0 Å². The van der Waals surface area contributed by atoms with Crippen molar-refractivity contribution in [3.05, 3.63) is 0 Å². The Bertz CT molecular complexity index is 228. The molecule has 0 aliphatic carbocycles. The molecule has 0 fully saturated rings. The molecule has 1 atom stereocenters. The Labute approximate surface area is 84.7 Å². The van der Waals surface area contributed by atoms with Crippen LogP contribution < -0.4 is 5.32 Å². The van der Waals surface area contributed by atoms with Gasteiger partial charge in [0.2, 0.25) is 5.91 Å². The van der Waals surface area contributed by atoms with Crippen LogP contribution >= 0.6 is 0 Å². The van der Waals surface area contributed by atoms with Gasteiger partial charge in [-0.15, -0.1) is 0 Å². The van der Waals surface area contributed by atoms with Crippen molar-refractivity contribution in [2.75, 3.05) is 0 Å². The quantitative estimate of drug-likeness (QED) is 0.722. The SMILES string of the molecule is CC(C)C(NC(=O)C(C)(C)C)C(=O)O. The Morgan fingerprint density at radius 2 is 1.64 bits per heavy atom. The van der Waals surface area contributed by atoms with E-state index in [1.165, 1.54) is 0 Å². The summed E-state index contributed by atoms with van der Waals surface area (Å²) in [5, 5.41) is 11.4. The van der Waals surface area contributed by atoms with Crippen molar-refractivity contribution in [2.24, 2.45) is 11.3 Å². The van der Waals surface area contributed by atoms with Crippen molar-refractivity contribution < 1.29 is 14.7 Å². The molecule has 0 aromatic rings. The third-order valence-electron chi connectivity index (χ3n) is 1.90. The van der Waals surface area contributed by atoms with Gasteiger partial charge >= 0.3 is 5.97 Å². The number of hydrogen-bond donors (Lipinski definition) is 2. The van der Waals surface area contributed by atoms with E-state index in [9.17, 15) is 9.59 Å². The van der Waals surface area contributed by atoms with Crippen LogP contribution in [0.2, 0.25) is 0 Å². The highest BCUT2D eigenvalue weighted by molar-refractivity contribution is 5.86. The molecule has 0 heterocycles. The molecule has 0 saturated heterocycles. The summed E-state index contributed by atoms with van der Waals surface area (Å²) in [4.78, 5) is 22.3. The second-order valence-electron chi connectivity index (χ2n) is 4.78. The van der Waals surface area contributed by atoms with E-state index in [2.05, 4.69) is 5.32 Å². The molecule has 82 valence electrons. The molecule has 0 rings (SSSR count). The molecule has 4 nitrogen and oxygen atoms in total. The molecule has 14 heavy (non-hydrogen) atoms. The second kappa shape index (κ2) is 4.44. The smallest absolute Gasteiger partial charge is 0.326 e. The lowest BCUT2D eigenvalue weighted by atomic mass is 9.94. The summed E-state index contributed by atoms with van der Waals surface area (Å²) in [6, 6.07) is -0.804. The lowest BCUT2D eigenvalue weighted by molar-refractivity contribution is -0.144. The minimum Gasteiger partial charge on any atom is -0.480 e. The van der Waals surface area contributed by atoms with Gasteiger partial charge in [-0.1, -0.05) is 34.6 Å². The van der Waals surface area contributed by atoms with E-state index in [1.807, 2.05) is 0 Å². The first-order valence-corrected chi connectivity index (χ1v) is 4.70. The van der Waals surface area contributed by atoms with Crippen LogP contribution in [0.25, 0.3) is 0 Å². The van der Waals surface area contributed by atoms with Crippen molar-refractivity contribution in [3.63, 3.8) is 0 Å². The highest BCUT2D eigenvalue weighted by Gasteiger charge is 2.28. The number of nitrogens with one attached hydrogen (secondary N) is 1. The van der Waals surface area contributed by atoms with Gasteiger partial charge in [0.05, 0.1) is 0 Å². The van der Waals surface area contributed by atoms with Gasteiger partial charge in [0.1, 0.15) is 6.04 Å². The average molecular weight is 201 g/mol. The highest BCUT2D eigenvalue weighted by atomic mass is 16.4. The van der Waals surface area contributed by atoms with Gasteiger partial charge in [-0.05, 0) is 5.92 Å². The number of carbonyl (C=O) groups excluding carboxylic acids is 1. The Balaban J connectivity index is 4.48. The van der Waals surface area contributed by atoms with Gasteiger partial charge in [0, 0.05) is 5.41 Å². The molecule has 0 spiro atoms. The van der Waals surface area contributed by atoms with Crippen LogP contribution in [-0.2, 0) is 9.59 Å². The zero-order valence-electron chi connectivity index (χ0n) is 9.42. The molecule has 2 N–H and O–H groups in total. The first-order valence-electron chi connectivity index (χ1n) is 4.70. The number of amides is 1. The fraction of sp³-hybridized carbons (Fsp3) is 0.800. The van der Waals surface area contributed by atoms with Crippen molar-refractivity contribution in [3.8, 4) is 0 Å². The minimum atomic E-state index is -0.988. The molecule has 4 heteroatoms. The number of rotatable bonds is 3. The highest BCUT2D eigenvalue weighted by Crippen LogP contribution is 2.14. The summed E-state index contributed by atoms with van der Waals surface area (Å²) in [7, 11) is 0. The molecule has 0 bridgehead atoms. The Morgan fingerprint density at radius 1 is 1.21 bits per heavy atom. The predicted molar refractivity (Wildman–Crippen MR) is 53.9 cm³/mol. The number of hydrogen-bond acceptors (Lipinski definition) is 2. The van der Waals surface area contributed by atoms with Crippen LogP contribution in [-0.4, -0.2) is 23.0 Å². The van der Waals surface area contributed by atoms with E-state index < -0.39 is 17.4 Å². The first kappa shape index (κ1) is 12.9. The van der Waals surface area contributed by atoms with Gasteiger partial charge in [-0.25, -0.2) is 4.79 Å². The molecule has 0 radical (unpaired) electrons. The Morgan fingerprint density at radius 3 is 1.86 bits per heavy atom.